The number of hydrazone groups is 1. The highest BCUT2D eigenvalue weighted by Gasteiger charge is 2.48. The first kappa shape index (κ1) is 27.4. The molecule has 0 spiro atoms. The lowest BCUT2D eigenvalue weighted by atomic mass is 9.76. The Morgan fingerprint density at radius 3 is 2.58 bits per heavy atom. The van der Waals surface area contributed by atoms with E-state index < -0.39 is 17.0 Å². The third kappa shape index (κ3) is 5.93. The minimum absolute atomic E-state index is 0.0219. The van der Waals surface area contributed by atoms with Crippen molar-refractivity contribution in [2.75, 3.05) is 6.67 Å². The number of hydrogen-bond acceptors (Lipinski definition) is 7. The number of aryl methyl sites for hydroxylation is 1. The Kier molecular flexibility index (Phi) is 7.96. The number of nitriles is 1. The number of hydrogen-bond donors (Lipinski definition) is 2. The summed E-state index contributed by atoms with van der Waals surface area (Å²) in [6, 6.07) is 10.4. The summed E-state index contributed by atoms with van der Waals surface area (Å²) in [5.74, 6) is -0.0261. The Morgan fingerprint density at radius 2 is 1.97 bits per heavy atom. The van der Waals surface area contributed by atoms with Gasteiger partial charge in [-0.15, -0.1) is 0 Å². The fourth-order valence-corrected chi connectivity index (χ4v) is 5.69. The van der Waals surface area contributed by atoms with Gasteiger partial charge >= 0.3 is 5.97 Å². The van der Waals surface area contributed by atoms with Gasteiger partial charge in [0.25, 0.3) is 0 Å². The molecule has 1 atom stereocenters. The Labute approximate surface area is 225 Å². The molecule has 1 aliphatic carbocycles. The quantitative estimate of drug-likeness (QED) is 0.270. The smallest absolute Gasteiger partial charge is 0.338 e. The molecule has 0 bridgehead atoms. The van der Waals surface area contributed by atoms with Crippen molar-refractivity contribution in [2.24, 2.45) is 21.7 Å². The standard InChI is InChI=1S/C30H39N5O3/c1-20-15-21(2)35(19-33-20)34-27(32)16-25-26(36)17-30(38-28(25)37,24-7-5-6-8-24)14-13-22-9-11-23(12-10-22)29(3,4)18-31/h9-12,15,24,36H,5-8,13-14,16-17,19H2,1-4H3,(H2,32,34). The molecular weight excluding hydrogens is 478 g/mol. The van der Waals surface area contributed by atoms with Gasteiger partial charge in [0, 0.05) is 24.3 Å². The summed E-state index contributed by atoms with van der Waals surface area (Å²) < 4.78 is 6.23. The summed E-state index contributed by atoms with van der Waals surface area (Å²) in [6.07, 6.45) is 7.73. The van der Waals surface area contributed by atoms with Crippen molar-refractivity contribution >= 4 is 17.5 Å². The van der Waals surface area contributed by atoms with Gasteiger partial charge in [-0.25, -0.2) is 9.80 Å². The molecule has 2 heterocycles. The van der Waals surface area contributed by atoms with Gasteiger partial charge in [-0.3, -0.25) is 4.99 Å². The summed E-state index contributed by atoms with van der Waals surface area (Å²) in [5, 5.41) is 26.6. The zero-order valence-electron chi connectivity index (χ0n) is 23.0. The van der Waals surface area contributed by atoms with Crippen LogP contribution in [0.4, 0.5) is 0 Å². The number of cyclic esters (lactones) is 1. The third-order valence-corrected chi connectivity index (χ3v) is 8.13. The Hall–Kier alpha value is -3.60. The molecule has 1 unspecified atom stereocenters. The molecule has 1 aromatic carbocycles. The summed E-state index contributed by atoms with van der Waals surface area (Å²) >= 11 is 0. The molecular formula is C30H39N5O3. The molecule has 1 fully saturated rings. The normalized spacial score (nSPS) is 23.2. The molecule has 3 N–H and O–H groups in total. The van der Waals surface area contributed by atoms with E-state index in [1.807, 2.05) is 58.0 Å². The number of carbonyl (C=O) groups excluding carboxylic acids is 1. The molecule has 38 heavy (non-hydrogen) atoms. The second-order valence-electron chi connectivity index (χ2n) is 11.4. The topological polar surface area (TPSA) is 124 Å². The second kappa shape index (κ2) is 11.0. The van der Waals surface area contributed by atoms with Gasteiger partial charge in [-0.2, -0.15) is 10.4 Å². The highest BCUT2D eigenvalue weighted by molar-refractivity contribution is 5.98. The van der Waals surface area contributed by atoms with Crippen LogP contribution in [0.5, 0.6) is 0 Å². The van der Waals surface area contributed by atoms with Crippen LogP contribution in [-0.4, -0.2) is 39.9 Å². The Bertz CT molecular complexity index is 1230. The first-order valence-corrected chi connectivity index (χ1v) is 13.5. The van der Waals surface area contributed by atoms with E-state index in [2.05, 4.69) is 16.2 Å². The Morgan fingerprint density at radius 1 is 1.29 bits per heavy atom. The number of aliphatic hydroxyl groups excluding tert-OH is 1. The van der Waals surface area contributed by atoms with E-state index in [0.29, 0.717) is 19.5 Å². The number of aliphatic hydroxyl groups is 1. The number of nitrogens with zero attached hydrogens (tertiary/aromatic N) is 4. The van der Waals surface area contributed by atoms with Crippen molar-refractivity contribution in [2.45, 2.75) is 90.1 Å². The van der Waals surface area contributed by atoms with Gasteiger partial charge in [0.15, 0.2) is 0 Å². The number of ether oxygens (including phenoxy) is 1. The minimum Gasteiger partial charge on any atom is -0.512 e. The van der Waals surface area contributed by atoms with Crippen LogP contribution in [0.15, 0.2) is 57.5 Å². The van der Waals surface area contributed by atoms with Crippen LogP contribution < -0.4 is 5.73 Å². The SMILES string of the molecule is CC1=CC(C)=NCN1/N=C(\N)CC1=C(O)CC(CCc2ccc(C(C)(C)C#N)cc2)(C2CCCC2)OC1=O. The third-order valence-electron chi connectivity index (χ3n) is 8.13. The highest BCUT2D eigenvalue weighted by atomic mass is 16.6. The number of aliphatic imine (C=N–C) groups is 1. The number of amidine groups is 1. The molecule has 8 heteroatoms. The molecule has 8 nitrogen and oxygen atoms in total. The van der Waals surface area contributed by atoms with E-state index in [4.69, 9.17) is 10.5 Å². The summed E-state index contributed by atoms with van der Waals surface area (Å²) in [6.45, 7) is 8.03. The van der Waals surface area contributed by atoms with Crippen molar-refractivity contribution in [3.05, 3.63) is 58.5 Å². The fraction of sp³-hybridized carbons (Fsp3) is 0.533. The van der Waals surface area contributed by atoms with Crippen molar-refractivity contribution in [3.8, 4) is 6.07 Å². The fourth-order valence-electron chi connectivity index (χ4n) is 5.69. The molecule has 0 saturated heterocycles. The monoisotopic (exact) mass is 517 g/mol. The maximum Gasteiger partial charge on any atom is 0.338 e. The van der Waals surface area contributed by atoms with Gasteiger partial charge in [-0.1, -0.05) is 37.1 Å². The molecule has 0 aromatic heterocycles. The zero-order chi connectivity index (χ0) is 27.5. The summed E-state index contributed by atoms with van der Waals surface area (Å²) in [7, 11) is 0. The van der Waals surface area contributed by atoms with Crippen LogP contribution in [0.3, 0.4) is 0 Å². The number of benzene rings is 1. The van der Waals surface area contributed by atoms with Crippen molar-refractivity contribution in [3.63, 3.8) is 0 Å². The molecule has 2 aliphatic heterocycles. The first-order chi connectivity index (χ1) is 18.0. The predicted octanol–water partition coefficient (Wildman–Crippen LogP) is 5.41. The van der Waals surface area contributed by atoms with E-state index in [0.717, 1.165) is 48.2 Å². The predicted molar refractivity (Wildman–Crippen MR) is 148 cm³/mol. The second-order valence-corrected chi connectivity index (χ2v) is 11.4. The number of carbonyl (C=O) groups is 1. The zero-order valence-corrected chi connectivity index (χ0v) is 23.0. The van der Waals surface area contributed by atoms with E-state index >= 15 is 0 Å². The van der Waals surface area contributed by atoms with E-state index in [-0.39, 0.29) is 35.9 Å². The molecule has 4 rings (SSSR count). The minimum atomic E-state index is -0.740. The van der Waals surface area contributed by atoms with E-state index in [1.165, 1.54) is 0 Å². The van der Waals surface area contributed by atoms with Gasteiger partial charge in [0.05, 0.1) is 17.1 Å². The molecule has 0 amide bonds. The van der Waals surface area contributed by atoms with Crippen LogP contribution >= 0.6 is 0 Å². The average molecular weight is 518 g/mol. The molecule has 1 aromatic rings. The van der Waals surface area contributed by atoms with Crippen LogP contribution in [-0.2, 0) is 21.4 Å². The number of rotatable bonds is 8. The lowest BCUT2D eigenvalue weighted by Gasteiger charge is -2.42. The van der Waals surface area contributed by atoms with Gasteiger partial charge in [-0.05, 0) is 76.5 Å². The van der Waals surface area contributed by atoms with Crippen LogP contribution in [0, 0.1) is 17.2 Å². The van der Waals surface area contributed by atoms with Crippen LogP contribution in [0.25, 0.3) is 0 Å². The maximum atomic E-state index is 13.3. The lowest BCUT2D eigenvalue weighted by molar-refractivity contribution is -0.167. The molecule has 3 aliphatic rings. The van der Waals surface area contributed by atoms with Crippen molar-refractivity contribution in [1.82, 2.24) is 5.01 Å². The molecule has 1 saturated carbocycles. The number of allylic oxidation sites excluding steroid dienone is 2. The molecule has 0 radical (unpaired) electrons. The highest BCUT2D eigenvalue weighted by Crippen LogP contribution is 2.46. The molecule has 202 valence electrons. The summed E-state index contributed by atoms with van der Waals surface area (Å²) in [5.41, 5.74) is 9.01. The lowest BCUT2D eigenvalue weighted by Crippen LogP contribution is -2.46. The van der Waals surface area contributed by atoms with Crippen LogP contribution in [0.2, 0.25) is 0 Å². The van der Waals surface area contributed by atoms with Crippen molar-refractivity contribution in [1.29, 1.82) is 5.26 Å². The van der Waals surface area contributed by atoms with Gasteiger partial charge in [0.1, 0.15) is 23.9 Å². The first-order valence-electron chi connectivity index (χ1n) is 13.5. The van der Waals surface area contributed by atoms with Crippen molar-refractivity contribution < 1.29 is 14.6 Å². The average Bonchev–Trinajstić information content (AvgIpc) is 3.43. The maximum absolute atomic E-state index is 13.3. The number of esters is 1. The Balaban J connectivity index is 1.50. The number of nitrogens with two attached hydrogens (primary N) is 1. The van der Waals surface area contributed by atoms with Gasteiger partial charge < -0.3 is 15.6 Å². The van der Waals surface area contributed by atoms with Crippen LogP contribution in [0.1, 0.15) is 83.8 Å². The van der Waals surface area contributed by atoms with E-state index in [9.17, 15) is 15.2 Å². The largest absolute Gasteiger partial charge is 0.512 e. The van der Waals surface area contributed by atoms with E-state index in [1.54, 1.807) is 5.01 Å². The summed E-state index contributed by atoms with van der Waals surface area (Å²) in [4.78, 5) is 17.6. The van der Waals surface area contributed by atoms with Gasteiger partial charge in [0.2, 0.25) is 0 Å².